The van der Waals surface area contributed by atoms with Crippen molar-refractivity contribution in [3.05, 3.63) is 64.5 Å². The maximum absolute atomic E-state index is 13.6. The molecule has 0 heterocycles. The standard InChI is InChI=1S/C17H17FN2/c1-11-5-7-15(9-16(11)18)13(3)20-17-8-14(10-19)6-4-12(17)2/h4-9,13,20H,1-3H3. The first-order valence-corrected chi connectivity index (χ1v) is 6.54. The van der Waals surface area contributed by atoms with E-state index in [0.717, 1.165) is 16.8 Å². The molecule has 0 fully saturated rings. The Balaban J connectivity index is 2.25. The van der Waals surface area contributed by atoms with Crippen LogP contribution < -0.4 is 5.32 Å². The number of nitrogens with zero attached hydrogens (tertiary/aromatic N) is 1. The van der Waals surface area contributed by atoms with E-state index in [2.05, 4.69) is 11.4 Å². The van der Waals surface area contributed by atoms with E-state index < -0.39 is 0 Å². The summed E-state index contributed by atoms with van der Waals surface area (Å²) in [5.41, 5.74) is 4.10. The van der Waals surface area contributed by atoms with Gasteiger partial charge in [-0.2, -0.15) is 5.26 Å². The van der Waals surface area contributed by atoms with Crippen LogP contribution in [0.1, 0.15) is 35.2 Å². The van der Waals surface area contributed by atoms with Gasteiger partial charge in [0.1, 0.15) is 5.82 Å². The summed E-state index contributed by atoms with van der Waals surface area (Å²) in [6, 6.07) is 12.9. The highest BCUT2D eigenvalue weighted by Gasteiger charge is 2.09. The third-order valence-electron chi connectivity index (χ3n) is 3.43. The van der Waals surface area contributed by atoms with Crippen LogP contribution in [0.25, 0.3) is 0 Å². The molecule has 0 bridgehead atoms. The van der Waals surface area contributed by atoms with Crippen molar-refractivity contribution >= 4 is 5.69 Å². The van der Waals surface area contributed by atoms with Gasteiger partial charge in [0.2, 0.25) is 0 Å². The quantitative estimate of drug-likeness (QED) is 0.890. The van der Waals surface area contributed by atoms with Gasteiger partial charge in [0.05, 0.1) is 11.6 Å². The highest BCUT2D eigenvalue weighted by Crippen LogP contribution is 2.24. The van der Waals surface area contributed by atoms with Gasteiger partial charge in [0.25, 0.3) is 0 Å². The maximum Gasteiger partial charge on any atom is 0.126 e. The second-order valence-corrected chi connectivity index (χ2v) is 5.02. The Bertz CT molecular complexity index is 671. The van der Waals surface area contributed by atoms with Crippen molar-refractivity contribution in [3.63, 3.8) is 0 Å². The smallest absolute Gasteiger partial charge is 0.126 e. The summed E-state index contributed by atoms with van der Waals surface area (Å²) < 4.78 is 13.6. The normalized spacial score (nSPS) is 11.8. The molecule has 0 aliphatic carbocycles. The fourth-order valence-corrected chi connectivity index (χ4v) is 2.04. The molecule has 3 heteroatoms. The van der Waals surface area contributed by atoms with Crippen molar-refractivity contribution in [2.75, 3.05) is 5.32 Å². The molecule has 0 saturated heterocycles. The van der Waals surface area contributed by atoms with E-state index in [4.69, 9.17) is 5.26 Å². The van der Waals surface area contributed by atoms with Gasteiger partial charge in [-0.1, -0.05) is 18.2 Å². The Morgan fingerprint density at radius 1 is 1.10 bits per heavy atom. The minimum Gasteiger partial charge on any atom is -0.378 e. The molecule has 0 radical (unpaired) electrons. The van der Waals surface area contributed by atoms with Gasteiger partial charge >= 0.3 is 0 Å². The van der Waals surface area contributed by atoms with Gasteiger partial charge in [0, 0.05) is 11.7 Å². The third kappa shape index (κ3) is 2.97. The van der Waals surface area contributed by atoms with Crippen LogP contribution in [0.2, 0.25) is 0 Å². The van der Waals surface area contributed by atoms with Gasteiger partial charge in [-0.05, 0) is 55.7 Å². The van der Waals surface area contributed by atoms with Crippen LogP contribution >= 0.6 is 0 Å². The van der Waals surface area contributed by atoms with Gasteiger partial charge in [-0.25, -0.2) is 4.39 Å². The molecule has 1 atom stereocenters. The summed E-state index contributed by atoms with van der Waals surface area (Å²) >= 11 is 0. The SMILES string of the molecule is Cc1ccc(C(C)Nc2cc(C#N)ccc2C)cc1F. The lowest BCUT2D eigenvalue weighted by Crippen LogP contribution is -2.08. The molecular weight excluding hydrogens is 251 g/mol. The van der Waals surface area contributed by atoms with Crippen molar-refractivity contribution in [1.82, 2.24) is 0 Å². The van der Waals surface area contributed by atoms with Crippen LogP contribution in [0, 0.1) is 31.0 Å². The highest BCUT2D eigenvalue weighted by molar-refractivity contribution is 5.56. The molecule has 102 valence electrons. The second kappa shape index (κ2) is 5.75. The van der Waals surface area contributed by atoms with E-state index >= 15 is 0 Å². The molecular formula is C17H17FN2. The van der Waals surface area contributed by atoms with Gasteiger partial charge in [0.15, 0.2) is 0 Å². The molecule has 1 N–H and O–H groups in total. The predicted molar refractivity (Wildman–Crippen MR) is 79.1 cm³/mol. The molecule has 0 saturated carbocycles. The average molecular weight is 268 g/mol. The monoisotopic (exact) mass is 268 g/mol. The number of nitrogens with one attached hydrogen (secondary N) is 1. The summed E-state index contributed by atoms with van der Waals surface area (Å²) in [6.45, 7) is 5.70. The molecule has 0 amide bonds. The molecule has 0 spiro atoms. The Hall–Kier alpha value is -2.34. The molecule has 0 aliphatic rings. The van der Waals surface area contributed by atoms with Crippen molar-refractivity contribution in [2.24, 2.45) is 0 Å². The molecule has 2 aromatic carbocycles. The first-order chi connectivity index (χ1) is 9.51. The van der Waals surface area contributed by atoms with E-state index in [9.17, 15) is 4.39 Å². The number of halogens is 1. The molecule has 2 nitrogen and oxygen atoms in total. The van der Waals surface area contributed by atoms with Gasteiger partial charge in [-0.3, -0.25) is 0 Å². The lowest BCUT2D eigenvalue weighted by Gasteiger charge is -2.18. The van der Waals surface area contributed by atoms with E-state index in [-0.39, 0.29) is 11.9 Å². The van der Waals surface area contributed by atoms with E-state index in [1.807, 2.05) is 32.0 Å². The molecule has 2 aromatic rings. The van der Waals surface area contributed by atoms with E-state index in [0.29, 0.717) is 11.1 Å². The fraction of sp³-hybridized carbons (Fsp3) is 0.235. The van der Waals surface area contributed by atoms with E-state index in [1.54, 1.807) is 25.1 Å². The summed E-state index contributed by atoms with van der Waals surface area (Å²) in [4.78, 5) is 0. The topological polar surface area (TPSA) is 35.8 Å². The summed E-state index contributed by atoms with van der Waals surface area (Å²) in [6.07, 6.45) is 0. The first-order valence-electron chi connectivity index (χ1n) is 6.54. The fourth-order valence-electron chi connectivity index (χ4n) is 2.04. The number of hydrogen-bond acceptors (Lipinski definition) is 2. The van der Waals surface area contributed by atoms with Crippen LogP contribution in [0.15, 0.2) is 36.4 Å². The van der Waals surface area contributed by atoms with Crippen molar-refractivity contribution < 1.29 is 4.39 Å². The molecule has 1 unspecified atom stereocenters. The van der Waals surface area contributed by atoms with Crippen LogP contribution in [-0.4, -0.2) is 0 Å². The number of benzene rings is 2. The summed E-state index contributed by atoms with van der Waals surface area (Å²) in [7, 11) is 0. The Kier molecular flexibility index (Phi) is 4.05. The van der Waals surface area contributed by atoms with Gasteiger partial charge in [-0.15, -0.1) is 0 Å². The van der Waals surface area contributed by atoms with Crippen molar-refractivity contribution in [1.29, 1.82) is 5.26 Å². The van der Waals surface area contributed by atoms with Crippen LogP contribution in [0.3, 0.4) is 0 Å². The lowest BCUT2D eigenvalue weighted by atomic mass is 10.0. The molecule has 0 aromatic heterocycles. The average Bonchev–Trinajstić information content (AvgIpc) is 2.44. The second-order valence-electron chi connectivity index (χ2n) is 5.02. The van der Waals surface area contributed by atoms with E-state index in [1.165, 1.54) is 0 Å². The Labute approximate surface area is 118 Å². The van der Waals surface area contributed by atoms with Crippen LogP contribution in [-0.2, 0) is 0 Å². The number of anilines is 1. The lowest BCUT2D eigenvalue weighted by molar-refractivity contribution is 0.614. The maximum atomic E-state index is 13.6. The molecule has 0 aliphatic heterocycles. The van der Waals surface area contributed by atoms with Crippen LogP contribution in [0.4, 0.5) is 10.1 Å². The molecule has 20 heavy (non-hydrogen) atoms. The number of hydrogen-bond donors (Lipinski definition) is 1. The van der Waals surface area contributed by atoms with Crippen LogP contribution in [0.5, 0.6) is 0 Å². The van der Waals surface area contributed by atoms with Crippen molar-refractivity contribution in [2.45, 2.75) is 26.8 Å². The molecule has 2 rings (SSSR count). The number of rotatable bonds is 3. The predicted octanol–water partition coefficient (Wildman–Crippen LogP) is 4.49. The minimum absolute atomic E-state index is 0.0299. The Morgan fingerprint density at radius 2 is 1.80 bits per heavy atom. The van der Waals surface area contributed by atoms with Crippen molar-refractivity contribution in [3.8, 4) is 6.07 Å². The third-order valence-corrected chi connectivity index (χ3v) is 3.43. The summed E-state index contributed by atoms with van der Waals surface area (Å²) in [5, 5.41) is 12.3. The minimum atomic E-state index is -0.196. The zero-order valence-corrected chi connectivity index (χ0v) is 11.9. The van der Waals surface area contributed by atoms with Gasteiger partial charge < -0.3 is 5.32 Å². The number of nitriles is 1. The zero-order chi connectivity index (χ0) is 14.7. The Morgan fingerprint density at radius 3 is 2.45 bits per heavy atom. The zero-order valence-electron chi connectivity index (χ0n) is 11.9. The first kappa shape index (κ1) is 14.1. The summed E-state index contributed by atoms with van der Waals surface area (Å²) in [5.74, 6) is -0.196. The number of aryl methyl sites for hydroxylation is 2. The largest absolute Gasteiger partial charge is 0.378 e. The highest BCUT2D eigenvalue weighted by atomic mass is 19.1.